The molecule has 0 radical (unpaired) electrons. The smallest absolute Gasteiger partial charge is 1.00 e. The van der Waals surface area contributed by atoms with Crippen molar-refractivity contribution in [3.8, 4) is 0 Å². The van der Waals surface area contributed by atoms with Crippen LogP contribution in [0.15, 0.2) is 30.3 Å². The number of hydrogen-bond donors (Lipinski definition) is 3. The van der Waals surface area contributed by atoms with Crippen LogP contribution >= 0.6 is 0 Å². The normalized spacial score (nSPS) is 12.5. The molecule has 0 aliphatic rings. The van der Waals surface area contributed by atoms with Gasteiger partial charge in [-0.15, -0.1) is 0 Å². The Kier molecular flexibility index (Phi) is 9.68. The Hall–Kier alpha value is -1.41. The van der Waals surface area contributed by atoms with Gasteiger partial charge in [-0.3, -0.25) is 9.59 Å². The first-order valence-corrected chi connectivity index (χ1v) is 6.33. The molecule has 0 aromatic heterocycles. The number of benzene rings is 1. The Morgan fingerprint density at radius 2 is 1.91 bits per heavy atom. The largest absolute Gasteiger partial charge is 1.00 e. The van der Waals surface area contributed by atoms with Crippen molar-refractivity contribution in [2.75, 3.05) is 7.11 Å². The van der Waals surface area contributed by atoms with Crippen molar-refractivity contribution < 1.29 is 55.2 Å². The van der Waals surface area contributed by atoms with Gasteiger partial charge in [0.15, 0.2) is 0 Å². The zero-order valence-electron chi connectivity index (χ0n) is 13.6. The van der Waals surface area contributed by atoms with E-state index in [0.29, 0.717) is 0 Å². The molecule has 0 saturated carbocycles. The van der Waals surface area contributed by atoms with Gasteiger partial charge in [-0.2, -0.15) is 0 Å². The van der Waals surface area contributed by atoms with Crippen molar-refractivity contribution in [1.29, 1.82) is 0 Å². The zero-order valence-corrected chi connectivity index (χ0v) is 14.6. The molecule has 8 heteroatoms. The van der Waals surface area contributed by atoms with Crippen molar-refractivity contribution in [3.63, 3.8) is 0 Å². The third-order valence-corrected chi connectivity index (χ3v) is 2.82. The Balaban J connectivity index is 0. The minimum absolute atomic E-state index is 0. The molecule has 2 atom stereocenters. The Morgan fingerprint density at radius 3 is 2.41 bits per heavy atom. The van der Waals surface area contributed by atoms with Gasteiger partial charge in [-0.25, -0.2) is 4.79 Å². The van der Waals surface area contributed by atoms with Crippen molar-refractivity contribution in [2.24, 2.45) is 5.73 Å². The molecule has 1 aromatic rings. The van der Waals surface area contributed by atoms with Gasteiger partial charge in [-0.05, 0) is 5.56 Å². The molecule has 7 nitrogen and oxygen atoms in total. The summed E-state index contributed by atoms with van der Waals surface area (Å²) in [7, 11) is 1.21. The summed E-state index contributed by atoms with van der Waals surface area (Å²) in [6.45, 7) is 0. The van der Waals surface area contributed by atoms with Crippen molar-refractivity contribution in [2.45, 2.75) is 24.9 Å². The first-order valence-electron chi connectivity index (χ1n) is 6.33. The molecule has 1 aromatic carbocycles. The van der Waals surface area contributed by atoms with Crippen molar-refractivity contribution in [3.05, 3.63) is 35.9 Å². The number of ether oxygens (including phenoxy) is 1. The van der Waals surface area contributed by atoms with E-state index in [4.69, 9.17) is 10.8 Å². The van der Waals surface area contributed by atoms with Gasteiger partial charge >= 0.3 is 41.5 Å². The van der Waals surface area contributed by atoms with Gasteiger partial charge in [0.1, 0.15) is 6.04 Å². The zero-order chi connectivity index (χ0) is 15.8. The fourth-order valence-corrected chi connectivity index (χ4v) is 1.74. The van der Waals surface area contributed by atoms with Crippen LogP contribution in [0.5, 0.6) is 0 Å². The molecule has 0 aliphatic heterocycles. The van der Waals surface area contributed by atoms with Crippen LogP contribution in [0, 0.1) is 0 Å². The SMILES string of the molecule is COC(=O)[C@H](Cc1ccccc1)NC(=O)[C@@H](N)CC(=O)O.[H-].[Na+]. The van der Waals surface area contributed by atoms with Crippen LogP contribution < -0.4 is 40.6 Å². The van der Waals surface area contributed by atoms with Gasteiger partial charge < -0.3 is 22.3 Å². The number of hydrogen-bond acceptors (Lipinski definition) is 5. The van der Waals surface area contributed by atoms with Crippen molar-refractivity contribution >= 4 is 17.8 Å². The maximum Gasteiger partial charge on any atom is 1.00 e. The molecule has 4 N–H and O–H groups in total. The molecule has 1 rings (SSSR count). The first kappa shape index (κ1) is 20.6. The predicted octanol–water partition coefficient (Wildman–Crippen LogP) is -3.19. The maximum atomic E-state index is 11.8. The van der Waals surface area contributed by atoms with Crippen LogP contribution in [0.2, 0.25) is 0 Å². The number of carbonyl (C=O) groups excluding carboxylic acids is 2. The minimum atomic E-state index is -1.22. The second kappa shape index (κ2) is 10.3. The van der Waals surface area contributed by atoms with Gasteiger partial charge in [0, 0.05) is 6.42 Å². The van der Waals surface area contributed by atoms with E-state index in [-0.39, 0.29) is 37.4 Å². The average molecular weight is 318 g/mol. The molecular weight excluding hydrogens is 299 g/mol. The van der Waals surface area contributed by atoms with Crippen LogP contribution in [0.25, 0.3) is 0 Å². The molecule has 22 heavy (non-hydrogen) atoms. The van der Waals surface area contributed by atoms with Crippen LogP contribution in [-0.4, -0.2) is 42.1 Å². The number of nitrogens with two attached hydrogens (primary N) is 1. The quantitative estimate of drug-likeness (QED) is 0.360. The molecular formula is C14H19N2NaO5. The van der Waals surface area contributed by atoms with Crippen LogP contribution in [0.3, 0.4) is 0 Å². The van der Waals surface area contributed by atoms with E-state index in [9.17, 15) is 14.4 Å². The summed E-state index contributed by atoms with van der Waals surface area (Å²) >= 11 is 0. The van der Waals surface area contributed by atoms with Crippen LogP contribution in [0.1, 0.15) is 13.4 Å². The molecule has 0 heterocycles. The topological polar surface area (TPSA) is 119 Å². The fraction of sp³-hybridized carbons (Fsp3) is 0.357. The molecule has 0 bridgehead atoms. The number of nitrogens with one attached hydrogen (secondary N) is 1. The molecule has 0 unspecified atom stereocenters. The first-order chi connectivity index (χ1) is 9.93. The number of methoxy groups -OCH3 is 1. The maximum absolute atomic E-state index is 11.8. The standard InChI is InChI=1S/C14H18N2O5.Na.H/c1-21-14(20)11(7-9-5-3-2-4-6-9)16-13(19)10(15)8-12(17)18;;/h2-6,10-11H,7-8,15H2,1H3,(H,16,19)(H,17,18);;/q;+1;-1/t10-,11-;;/m0../s1. The number of rotatable bonds is 7. The van der Waals surface area contributed by atoms with Gasteiger partial charge in [0.25, 0.3) is 0 Å². The van der Waals surface area contributed by atoms with Gasteiger partial charge in [0.05, 0.1) is 19.6 Å². The van der Waals surface area contributed by atoms with E-state index < -0.39 is 36.4 Å². The molecule has 0 saturated heterocycles. The average Bonchev–Trinajstić information content (AvgIpc) is 2.46. The number of carboxylic acid groups (broad SMARTS) is 1. The van der Waals surface area contributed by atoms with Crippen LogP contribution in [-0.2, 0) is 25.5 Å². The predicted molar refractivity (Wildman–Crippen MR) is 75.4 cm³/mol. The van der Waals surface area contributed by atoms with E-state index >= 15 is 0 Å². The number of esters is 1. The number of carbonyl (C=O) groups is 3. The van der Waals surface area contributed by atoms with Gasteiger partial charge in [0.2, 0.25) is 5.91 Å². The van der Waals surface area contributed by atoms with E-state index in [2.05, 4.69) is 10.1 Å². The summed E-state index contributed by atoms with van der Waals surface area (Å²) in [5.41, 5.74) is 6.29. The number of carboxylic acids is 1. The number of aliphatic carboxylic acids is 1. The van der Waals surface area contributed by atoms with E-state index in [1.165, 1.54) is 7.11 Å². The molecule has 0 spiro atoms. The molecule has 1 amide bonds. The molecule has 0 fully saturated rings. The van der Waals surface area contributed by atoms with E-state index in [0.717, 1.165) is 5.56 Å². The number of amides is 1. The second-order valence-corrected chi connectivity index (χ2v) is 4.48. The van der Waals surface area contributed by atoms with Gasteiger partial charge in [-0.1, -0.05) is 30.3 Å². The summed E-state index contributed by atoms with van der Waals surface area (Å²) in [4.78, 5) is 34.0. The Morgan fingerprint density at radius 1 is 1.32 bits per heavy atom. The minimum Gasteiger partial charge on any atom is -1.00 e. The van der Waals surface area contributed by atoms with E-state index in [1.54, 1.807) is 12.1 Å². The second-order valence-electron chi connectivity index (χ2n) is 4.48. The Bertz CT molecular complexity index is 515. The van der Waals surface area contributed by atoms with Crippen molar-refractivity contribution in [1.82, 2.24) is 5.32 Å². The van der Waals surface area contributed by atoms with Crippen LogP contribution in [0.4, 0.5) is 0 Å². The van der Waals surface area contributed by atoms with E-state index in [1.807, 2.05) is 18.2 Å². The summed E-state index contributed by atoms with van der Waals surface area (Å²) in [6, 6.07) is 6.93. The Labute approximate surface area is 152 Å². The fourth-order valence-electron chi connectivity index (χ4n) is 1.74. The molecule has 0 aliphatic carbocycles. The summed E-state index contributed by atoms with van der Waals surface area (Å²) < 4.78 is 4.64. The summed E-state index contributed by atoms with van der Waals surface area (Å²) in [5, 5.41) is 11.0. The third-order valence-electron chi connectivity index (χ3n) is 2.82. The molecule has 116 valence electrons. The summed E-state index contributed by atoms with van der Waals surface area (Å²) in [6.07, 6.45) is -0.274. The third kappa shape index (κ3) is 7.04. The summed E-state index contributed by atoms with van der Waals surface area (Å²) in [5.74, 6) is -2.51. The monoisotopic (exact) mass is 318 g/mol.